The van der Waals surface area contributed by atoms with Gasteiger partial charge in [0.15, 0.2) is 0 Å². The van der Waals surface area contributed by atoms with Crippen molar-refractivity contribution in [1.82, 2.24) is 0 Å². The van der Waals surface area contributed by atoms with E-state index < -0.39 is 0 Å². The molecule has 75 valence electrons. The van der Waals surface area contributed by atoms with Crippen LogP contribution in [0.1, 0.15) is 26.7 Å². The van der Waals surface area contributed by atoms with Crippen LogP contribution < -0.4 is 37.2 Å². The number of hydrogen-bond acceptors (Lipinski definition) is 0. The van der Waals surface area contributed by atoms with Gasteiger partial charge >= 0.3 is 72.0 Å². The maximum absolute atomic E-state index is 2.74. The van der Waals surface area contributed by atoms with Gasteiger partial charge in [0.25, 0.3) is 0 Å². The Morgan fingerprint density at radius 2 is 1.85 bits per heavy atom. The maximum Gasteiger partial charge on any atom is -1.00 e. The predicted molar refractivity (Wildman–Crippen MR) is 40.5 cm³/mol. The molecule has 1 atom stereocenters. The van der Waals surface area contributed by atoms with Gasteiger partial charge in [0.05, 0.1) is 0 Å². The second-order valence-corrected chi connectivity index (χ2v) is 4.40. The second-order valence-electron chi connectivity index (χ2n) is 2.95. The first-order valence-corrected chi connectivity index (χ1v) is 4.48. The van der Waals surface area contributed by atoms with Crippen LogP contribution in [0.4, 0.5) is 0 Å². The van der Waals surface area contributed by atoms with Crippen LogP contribution in [0.15, 0.2) is 23.8 Å². The first kappa shape index (κ1) is 19.5. The summed E-state index contributed by atoms with van der Waals surface area (Å²) in [5, 5.41) is 0. The molecule has 0 radical (unpaired) electrons. The van der Waals surface area contributed by atoms with E-state index >= 15 is 0 Å². The standard InChI is InChI=1S/C9H13.3ClH.V/c1-3-5-9-7-4-6-8(9)2;;;;/h4,6-7H,3,5H2,1-2H3;3*1H;/q;;;;+3/p-3. The van der Waals surface area contributed by atoms with Crippen molar-refractivity contribution >= 4 is 0 Å². The molecule has 0 saturated carbocycles. The fourth-order valence-electron chi connectivity index (χ4n) is 1.23. The van der Waals surface area contributed by atoms with E-state index in [9.17, 15) is 0 Å². The van der Waals surface area contributed by atoms with Crippen molar-refractivity contribution in [3.63, 3.8) is 0 Å². The Morgan fingerprint density at radius 1 is 1.31 bits per heavy atom. The Labute approximate surface area is 109 Å². The van der Waals surface area contributed by atoms with Crippen LogP contribution in [0.3, 0.4) is 0 Å². The molecule has 0 aliphatic heterocycles. The molecule has 0 aromatic carbocycles. The van der Waals surface area contributed by atoms with Gasteiger partial charge in [-0.05, 0) is 0 Å². The molecule has 1 aliphatic rings. The van der Waals surface area contributed by atoms with Crippen LogP contribution in [0, 0.1) is 0 Å². The Balaban J connectivity index is -0.000000333. The van der Waals surface area contributed by atoms with Crippen molar-refractivity contribution in [3.8, 4) is 0 Å². The summed E-state index contributed by atoms with van der Waals surface area (Å²) in [4.78, 5) is 0. The van der Waals surface area contributed by atoms with E-state index in [2.05, 4.69) is 49.5 Å². The van der Waals surface area contributed by atoms with Gasteiger partial charge in [0, 0.05) is 0 Å². The third-order valence-corrected chi connectivity index (χ3v) is 2.57. The molecule has 4 heteroatoms. The van der Waals surface area contributed by atoms with E-state index in [1.807, 2.05) is 0 Å². The molecule has 13 heavy (non-hydrogen) atoms. The summed E-state index contributed by atoms with van der Waals surface area (Å²) < 4.78 is 0.281. The Bertz CT molecular complexity index is 185. The second kappa shape index (κ2) is 8.26. The van der Waals surface area contributed by atoms with Crippen LogP contribution in [-0.4, -0.2) is 0 Å². The molecule has 0 bridgehead atoms. The van der Waals surface area contributed by atoms with Gasteiger partial charge in [-0.1, -0.05) is 0 Å². The van der Waals surface area contributed by atoms with E-state index in [0.29, 0.717) is 0 Å². The normalized spacial score (nSPS) is 23.8. The molecule has 0 saturated heterocycles. The summed E-state index contributed by atoms with van der Waals surface area (Å²) in [6.45, 7) is 4.47. The van der Waals surface area contributed by atoms with Crippen LogP contribution in [0.5, 0.6) is 0 Å². The number of halogens is 3. The van der Waals surface area contributed by atoms with E-state index in [1.165, 1.54) is 12.8 Å². The van der Waals surface area contributed by atoms with E-state index in [-0.39, 0.29) is 41.3 Å². The minimum atomic E-state index is 0. The fourth-order valence-corrected chi connectivity index (χ4v) is 1.66. The molecule has 0 N–H and O–H groups in total. The molecule has 0 fully saturated rings. The van der Waals surface area contributed by atoms with Crippen LogP contribution in [0.2, 0.25) is 4.13 Å². The maximum atomic E-state index is 2.74. The quantitative estimate of drug-likeness (QED) is 0.472. The molecule has 0 nitrogen and oxygen atoms in total. The number of allylic oxidation sites excluding steroid dienone is 4. The molecule has 1 rings (SSSR count). The van der Waals surface area contributed by atoms with E-state index in [1.54, 1.807) is 5.57 Å². The van der Waals surface area contributed by atoms with Gasteiger partial charge in [-0.15, -0.1) is 0 Å². The third kappa shape index (κ3) is 5.39. The van der Waals surface area contributed by atoms with Crippen LogP contribution in [0.25, 0.3) is 0 Å². The number of hydrogen-bond donors (Lipinski definition) is 0. The molecular formula is C9H13Cl3V. The van der Waals surface area contributed by atoms with Gasteiger partial charge < -0.3 is 37.2 Å². The molecule has 0 aromatic heterocycles. The Morgan fingerprint density at radius 3 is 2.15 bits per heavy atom. The molecule has 1 unspecified atom stereocenters. The van der Waals surface area contributed by atoms with Gasteiger partial charge in [-0.3, -0.25) is 0 Å². The van der Waals surface area contributed by atoms with E-state index in [0.717, 1.165) is 0 Å². The zero-order valence-electron chi connectivity index (χ0n) is 7.73. The Kier molecular flexibility index (Phi) is 12.4. The summed E-state index contributed by atoms with van der Waals surface area (Å²) in [6.07, 6.45) is 9.13. The summed E-state index contributed by atoms with van der Waals surface area (Å²) in [5.74, 6) is 0. The first-order chi connectivity index (χ1) is 4.67. The largest absolute Gasteiger partial charge is 1.00 e. The average molecular weight is 279 g/mol. The summed E-state index contributed by atoms with van der Waals surface area (Å²) in [5.41, 5.74) is 1.55. The smallest absolute Gasteiger partial charge is 1.00 e. The summed E-state index contributed by atoms with van der Waals surface area (Å²) >= 11 is 2.74. The third-order valence-electron chi connectivity index (χ3n) is 1.89. The topological polar surface area (TPSA) is 0 Å². The zero-order chi connectivity index (χ0) is 7.61. The monoisotopic (exact) mass is 277 g/mol. The minimum Gasteiger partial charge on any atom is -1.00 e. The SMILES string of the molecule is CCCC1=CC=C[C]1(C)[V+3].[Cl-].[Cl-].[Cl-]. The van der Waals surface area contributed by atoms with Crippen molar-refractivity contribution < 1.29 is 54.6 Å². The van der Waals surface area contributed by atoms with Gasteiger partial charge in [-0.2, -0.15) is 0 Å². The van der Waals surface area contributed by atoms with Crippen molar-refractivity contribution in [3.05, 3.63) is 23.8 Å². The molecule has 0 spiro atoms. The fraction of sp³-hybridized carbons (Fsp3) is 0.556. The molecule has 0 amide bonds. The van der Waals surface area contributed by atoms with Crippen molar-refractivity contribution in [2.75, 3.05) is 0 Å². The van der Waals surface area contributed by atoms with Crippen LogP contribution in [-0.2, 0) is 17.4 Å². The van der Waals surface area contributed by atoms with E-state index in [4.69, 9.17) is 0 Å². The molecule has 0 aromatic rings. The first-order valence-electron chi connectivity index (χ1n) is 3.78. The predicted octanol–water partition coefficient (Wildman–Crippen LogP) is -5.98. The molecule has 0 heterocycles. The Hall–Kier alpha value is 0.934. The zero-order valence-corrected chi connectivity index (χ0v) is 11.4. The van der Waals surface area contributed by atoms with Crippen molar-refractivity contribution in [2.24, 2.45) is 0 Å². The van der Waals surface area contributed by atoms with Gasteiger partial charge in [0.2, 0.25) is 0 Å². The summed E-state index contributed by atoms with van der Waals surface area (Å²) in [7, 11) is 0. The molecular weight excluding hydrogens is 265 g/mol. The van der Waals surface area contributed by atoms with Crippen LogP contribution >= 0.6 is 0 Å². The molecule has 1 aliphatic carbocycles. The summed E-state index contributed by atoms with van der Waals surface area (Å²) in [6, 6.07) is 0. The van der Waals surface area contributed by atoms with Gasteiger partial charge in [-0.25, -0.2) is 0 Å². The van der Waals surface area contributed by atoms with Gasteiger partial charge in [0.1, 0.15) is 0 Å². The average Bonchev–Trinajstić information content (AvgIpc) is 2.13. The number of rotatable bonds is 2. The van der Waals surface area contributed by atoms with Crippen molar-refractivity contribution in [1.29, 1.82) is 0 Å². The minimum absolute atomic E-state index is 0. The van der Waals surface area contributed by atoms with Crippen molar-refractivity contribution in [2.45, 2.75) is 30.8 Å².